The number of nitrogens with zero attached hydrogens (tertiary/aromatic N) is 2. The first kappa shape index (κ1) is 17.7. The van der Waals surface area contributed by atoms with Crippen LogP contribution < -0.4 is 4.87 Å². The first-order chi connectivity index (χ1) is 12.4. The zero-order chi connectivity index (χ0) is 18.3. The highest BCUT2D eigenvalue weighted by Gasteiger charge is 2.34. The van der Waals surface area contributed by atoms with Gasteiger partial charge in [-0.1, -0.05) is 11.3 Å². The summed E-state index contributed by atoms with van der Waals surface area (Å²) in [7, 11) is -3.66. The van der Waals surface area contributed by atoms with Gasteiger partial charge in [0.25, 0.3) is 5.91 Å². The summed E-state index contributed by atoms with van der Waals surface area (Å²) in [6, 6.07) is 4.64. The van der Waals surface area contributed by atoms with Crippen LogP contribution in [0.2, 0.25) is 0 Å². The number of nitrogens with one attached hydrogen (secondary N) is 1. The van der Waals surface area contributed by atoms with Crippen LogP contribution in [0.3, 0.4) is 0 Å². The molecule has 2 saturated heterocycles. The molecule has 1 aromatic heterocycles. The molecule has 2 fully saturated rings. The van der Waals surface area contributed by atoms with Crippen LogP contribution in [0.25, 0.3) is 10.2 Å². The fraction of sp³-hybridized carbons (Fsp3) is 0.500. The van der Waals surface area contributed by atoms with Gasteiger partial charge < -0.3 is 14.6 Å². The summed E-state index contributed by atoms with van der Waals surface area (Å²) in [5.74, 6) is -0.0435. The fourth-order valence-electron chi connectivity index (χ4n) is 3.36. The molecular weight excluding hydrogens is 378 g/mol. The van der Waals surface area contributed by atoms with E-state index in [2.05, 4.69) is 4.98 Å². The number of benzene rings is 1. The number of piperazine rings is 1. The highest BCUT2D eigenvalue weighted by Crippen LogP contribution is 2.24. The highest BCUT2D eigenvalue weighted by molar-refractivity contribution is 7.89. The van der Waals surface area contributed by atoms with E-state index in [0.29, 0.717) is 29.9 Å². The van der Waals surface area contributed by atoms with Crippen molar-refractivity contribution < 1.29 is 17.9 Å². The maximum Gasteiger partial charge on any atom is 0.305 e. The minimum Gasteiger partial charge on any atom is -0.368 e. The largest absolute Gasteiger partial charge is 0.368 e. The Balaban J connectivity index is 1.48. The minimum atomic E-state index is -3.66. The van der Waals surface area contributed by atoms with Gasteiger partial charge >= 0.3 is 4.87 Å². The normalized spacial score (nSPS) is 22.2. The second kappa shape index (κ2) is 6.76. The molecule has 2 aromatic rings. The molecule has 1 N–H and O–H groups in total. The van der Waals surface area contributed by atoms with Crippen LogP contribution in [0.5, 0.6) is 0 Å². The predicted molar refractivity (Wildman–Crippen MR) is 96.8 cm³/mol. The van der Waals surface area contributed by atoms with Crippen LogP contribution in [0.1, 0.15) is 12.8 Å². The van der Waals surface area contributed by atoms with E-state index in [4.69, 9.17) is 4.74 Å². The second-order valence-corrected chi connectivity index (χ2v) is 9.36. The van der Waals surface area contributed by atoms with Crippen molar-refractivity contribution in [3.63, 3.8) is 0 Å². The third kappa shape index (κ3) is 3.18. The van der Waals surface area contributed by atoms with Crippen molar-refractivity contribution in [1.82, 2.24) is 14.2 Å². The van der Waals surface area contributed by atoms with Crippen LogP contribution in [-0.2, 0) is 19.6 Å². The molecule has 0 aliphatic carbocycles. The third-order valence-electron chi connectivity index (χ3n) is 4.79. The fourth-order valence-corrected chi connectivity index (χ4v) is 5.66. The first-order valence-corrected chi connectivity index (χ1v) is 10.7. The van der Waals surface area contributed by atoms with Crippen LogP contribution in [0.15, 0.2) is 27.9 Å². The summed E-state index contributed by atoms with van der Waals surface area (Å²) in [5.41, 5.74) is 0.630. The minimum absolute atomic E-state index is 0.0435. The summed E-state index contributed by atoms with van der Waals surface area (Å²) >= 11 is 0.987. The molecule has 10 heteroatoms. The van der Waals surface area contributed by atoms with Gasteiger partial charge in [0.15, 0.2) is 0 Å². The number of fused-ring (bicyclic) bond motifs is 1. The van der Waals surface area contributed by atoms with E-state index in [0.717, 1.165) is 24.2 Å². The average molecular weight is 397 g/mol. The van der Waals surface area contributed by atoms with E-state index in [-0.39, 0.29) is 34.9 Å². The van der Waals surface area contributed by atoms with Crippen molar-refractivity contribution in [2.24, 2.45) is 0 Å². The van der Waals surface area contributed by atoms with Crippen LogP contribution in [0.4, 0.5) is 0 Å². The zero-order valence-electron chi connectivity index (χ0n) is 14.0. The molecule has 1 atom stereocenters. The Labute approximate surface area is 154 Å². The molecule has 2 aliphatic rings. The Morgan fingerprint density at radius 2 is 2.00 bits per heavy atom. The lowest BCUT2D eigenvalue weighted by Gasteiger charge is -2.35. The molecule has 26 heavy (non-hydrogen) atoms. The number of carbonyl (C=O) groups excluding carboxylic acids is 1. The van der Waals surface area contributed by atoms with E-state index < -0.39 is 10.0 Å². The summed E-state index contributed by atoms with van der Waals surface area (Å²) in [6.07, 6.45) is 1.24. The van der Waals surface area contributed by atoms with E-state index in [1.165, 1.54) is 16.4 Å². The number of thiazole rings is 1. The number of aromatic nitrogens is 1. The summed E-state index contributed by atoms with van der Waals surface area (Å²) in [6.45, 7) is 1.83. The standard InChI is InChI=1S/C16H19N3O5S2/c20-15(13-2-1-9-24-13)18-5-7-19(8-6-18)26(22,23)11-3-4-12-14(10-11)25-16(21)17-12/h3-4,10,13H,1-2,5-9H2,(H,17,21)/t13-/m0/s1. The van der Waals surface area contributed by atoms with Crippen LogP contribution >= 0.6 is 11.3 Å². The number of hydrogen-bond acceptors (Lipinski definition) is 6. The zero-order valence-corrected chi connectivity index (χ0v) is 15.6. The van der Waals surface area contributed by atoms with Gasteiger partial charge in [-0.2, -0.15) is 4.31 Å². The molecule has 8 nitrogen and oxygen atoms in total. The Morgan fingerprint density at radius 3 is 2.69 bits per heavy atom. The molecule has 4 rings (SSSR count). The summed E-state index contributed by atoms with van der Waals surface area (Å²) in [4.78, 5) is 28.1. The number of H-pyrrole nitrogens is 1. The maximum absolute atomic E-state index is 12.9. The number of amides is 1. The van der Waals surface area contributed by atoms with Crippen molar-refractivity contribution in [1.29, 1.82) is 0 Å². The van der Waals surface area contributed by atoms with E-state index in [9.17, 15) is 18.0 Å². The Hall–Kier alpha value is -1.75. The molecule has 1 aromatic carbocycles. The lowest BCUT2D eigenvalue weighted by atomic mass is 10.2. The topological polar surface area (TPSA) is 99.8 Å². The summed E-state index contributed by atoms with van der Waals surface area (Å²) in [5, 5.41) is 0. The number of hydrogen-bond donors (Lipinski definition) is 1. The van der Waals surface area contributed by atoms with Gasteiger partial charge in [-0.3, -0.25) is 9.59 Å². The van der Waals surface area contributed by atoms with Crippen molar-refractivity contribution in [3.05, 3.63) is 27.9 Å². The van der Waals surface area contributed by atoms with Crippen LogP contribution in [-0.4, -0.2) is 67.4 Å². The Morgan fingerprint density at radius 1 is 1.23 bits per heavy atom. The first-order valence-electron chi connectivity index (χ1n) is 8.48. The van der Waals surface area contributed by atoms with Gasteiger partial charge in [0.05, 0.1) is 15.1 Å². The lowest BCUT2D eigenvalue weighted by Crippen LogP contribution is -2.52. The molecule has 0 bridgehead atoms. The summed E-state index contributed by atoms with van der Waals surface area (Å²) < 4.78 is 33.2. The molecule has 0 saturated carbocycles. The quantitative estimate of drug-likeness (QED) is 0.818. The molecular formula is C16H19N3O5S2. The lowest BCUT2D eigenvalue weighted by molar-refractivity contribution is -0.142. The highest BCUT2D eigenvalue weighted by atomic mass is 32.2. The van der Waals surface area contributed by atoms with E-state index in [1.807, 2.05) is 0 Å². The number of rotatable bonds is 3. The second-order valence-electron chi connectivity index (χ2n) is 6.40. The van der Waals surface area contributed by atoms with Gasteiger partial charge in [-0.25, -0.2) is 8.42 Å². The van der Waals surface area contributed by atoms with Gasteiger partial charge in [0.1, 0.15) is 6.10 Å². The number of carbonyl (C=O) groups is 1. The van der Waals surface area contributed by atoms with Crippen molar-refractivity contribution in [2.75, 3.05) is 32.8 Å². The monoisotopic (exact) mass is 397 g/mol. The Kier molecular flexibility index (Phi) is 4.59. The molecule has 1 amide bonds. The number of ether oxygens (including phenoxy) is 1. The van der Waals surface area contributed by atoms with Gasteiger partial charge in [0.2, 0.25) is 10.0 Å². The number of aromatic amines is 1. The van der Waals surface area contributed by atoms with E-state index >= 15 is 0 Å². The van der Waals surface area contributed by atoms with Crippen molar-refractivity contribution in [3.8, 4) is 0 Å². The molecule has 3 heterocycles. The molecule has 0 radical (unpaired) electrons. The van der Waals surface area contributed by atoms with Gasteiger partial charge in [0, 0.05) is 32.8 Å². The number of sulfonamides is 1. The Bertz CT molecular complexity index is 983. The smallest absolute Gasteiger partial charge is 0.305 e. The van der Waals surface area contributed by atoms with Gasteiger partial charge in [-0.05, 0) is 31.0 Å². The predicted octanol–water partition coefficient (Wildman–Crippen LogP) is 0.601. The maximum atomic E-state index is 12.9. The van der Waals surface area contributed by atoms with E-state index in [1.54, 1.807) is 11.0 Å². The average Bonchev–Trinajstić information content (AvgIpc) is 3.29. The van der Waals surface area contributed by atoms with Crippen molar-refractivity contribution in [2.45, 2.75) is 23.8 Å². The molecule has 0 spiro atoms. The molecule has 0 unspecified atom stereocenters. The third-order valence-corrected chi connectivity index (χ3v) is 7.53. The SMILES string of the molecule is O=C([C@@H]1CCCO1)N1CCN(S(=O)(=O)c2ccc3[nH]c(=O)sc3c2)CC1. The molecule has 140 valence electrons. The van der Waals surface area contributed by atoms with Crippen LogP contribution in [0, 0.1) is 0 Å². The van der Waals surface area contributed by atoms with Gasteiger partial charge in [-0.15, -0.1) is 0 Å². The molecule has 2 aliphatic heterocycles. The van der Waals surface area contributed by atoms with Crippen molar-refractivity contribution >= 4 is 37.5 Å².